The van der Waals surface area contributed by atoms with Gasteiger partial charge in [0.25, 0.3) is 5.91 Å². The van der Waals surface area contributed by atoms with Crippen molar-refractivity contribution in [2.24, 2.45) is 0 Å². The standard InChI is InChI=1S/C21H22FN5O/c22-16-5-3-4-15(14-16)21(28)26-12-10-25(11-13-26)20-19-17-6-1-2-7-18(17)24-27(19)9-8-23-20/h3-5,8-9,14H,1-2,6-7,10-13H2. The van der Waals surface area contributed by atoms with E-state index in [1.807, 2.05) is 10.7 Å². The number of carbonyl (C=O) groups is 1. The van der Waals surface area contributed by atoms with E-state index in [2.05, 4.69) is 9.88 Å². The molecule has 0 saturated carbocycles. The second-order valence-electron chi connectivity index (χ2n) is 7.47. The number of halogens is 1. The summed E-state index contributed by atoms with van der Waals surface area (Å²) in [4.78, 5) is 21.4. The zero-order chi connectivity index (χ0) is 19.1. The van der Waals surface area contributed by atoms with E-state index >= 15 is 0 Å². The lowest BCUT2D eigenvalue weighted by molar-refractivity contribution is 0.0746. The van der Waals surface area contributed by atoms with E-state index in [0.717, 1.165) is 24.2 Å². The highest BCUT2D eigenvalue weighted by Crippen LogP contribution is 2.30. The van der Waals surface area contributed by atoms with Gasteiger partial charge >= 0.3 is 0 Å². The first-order valence-corrected chi connectivity index (χ1v) is 9.85. The predicted molar refractivity (Wildman–Crippen MR) is 104 cm³/mol. The Kier molecular flexibility index (Phi) is 4.22. The van der Waals surface area contributed by atoms with E-state index in [0.29, 0.717) is 31.7 Å². The summed E-state index contributed by atoms with van der Waals surface area (Å²) < 4.78 is 15.4. The third kappa shape index (κ3) is 2.91. The van der Waals surface area contributed by atoms with E-state index in [1.165, 1.54) is 36.2 Å². The quantitative estimate of drug-likeness (QED) is 0.687. The van der Waals surface area contributed by atoms with E-state index < -0.39 is 0 Å². The van der Waals surface area contributed by atoms with Crippen LogP contribution in [-0.4, -0.2) is 51.6 Å². The predicted octanol–water partition coefficient (Wildman–Crippen LogP) is 2.71. The van der Waals surface area contributed by atoms with Gasteiger partial charge in [-0.25, -0.2) is 13.9 Å². The average molecular weight is 379 g/mol. The Balaban J connectivity index is 1.37. The van der Waals surface area contributed by atoms with Crippen LogP contribution in [0.2, 0.25) is 0 Å². The topological polar surface area (TPSA) is 53.7 Å². The fraction of sp³-hybridized carbons (Fsp3) is 0.381. The SMILES string of the molecule is O=C(c1cccc(F)c1)N1CCN(c2nccn3nc4c(c23)CCCC4)CC1. The second-order valence-corrected chi connectivity index (χ2v) is 7.47. The molecule has 5 rings (SSSR count). The smallest absolute Gasteiger partial charge is 0.254 e. The Morgan fingerprint density at radius 3 is 2.71 bits per heavy atom. The Labute approximate surface area is 162 Å². The highest BCUT2D eigenvalue weighted by molar-refractivity contribution is 5.94. The number of piperazine rings is 1. The molecule has 144 valence electrons. The molecule has 0 N–H and O–H groups in total. The van der Waals surface area contributed by atoms with Crippen molar-refractivity contribution >= 4 is 17.2 Å². The van der Waals surface area contributed by atoms with Crippen LogP contribution in [0.1, 0.15) is 34.5 Å². The van der Waals surface area contributed by atoms with E-state index in [-0.39, 0.29) is 11.7 Å². The van der Waals surface area contributed by atoms with Gasteiger partial charge in [0.1, 0.15) is 11.3 Å². The number of rotatable bonds is 2. The zero-order valence-corrected chi connectivity index (χ0v) is 15.6. The third-order valence-corrected chi connectivity index (χ3v) is 5.74. The van der Waals surface area contributed by atoms with Crippen molar-refractivity contribution in [1.82, 2.24) is 19.5 Å². The lowest BCUT2D eigenvalue weighted by Gasteiger charge is -2.35. The van der Waals surface area contributed by atoms with Gasteiger partial charge in [0.05, 0.1) is 5.69 Å². The minimum atomic E-state index is -0.383. The number of carbonyl (C=O) groups excluding carboxylic acids is 1. The van der Waals surface area contributed by atoms with Gasteiger partial charge in [-0.2, -0.15) is 5.10 Å². The van der Waals surface area contributed by atoms with Crippen LogP contribution in [0, 0.1) is 5.82 Å². The van der Waals surface area contributed by atoms with Crippen molar-refractivity contribution in [3.05, 3.63) is 59.3 Å². The highest BCUT2D eigenvalue weighted by atomic mass is 19.1. The molecule has 1 aromatic carbocycles. The molecule has 1 saturated heterocycles. The third-order valence-electron chi connectivity index (χ3n) is 5.74. The molecular formula is C21H22FN5O. The van der Waals surface area contributed by atoms with Crippen LogP contribution in [0.15, 0.2) is 36.7 Å². The average Bonchev–Trinajstić information content (AvgIpc) is 3.12. The number of aromatic nitrogens is 3. The summed E-state index contributed by atoms with van der Waals surface area (Å²) in [6, 6.07) is 5.90. The minimum Gasteiger partial charge on any atom is -0.351 e. The van der Waals surface area contributed by atoms with Gasteiger partial charge in [-0.05, 0) is 43.9 Å². The highest BCUT2D eigenvalue weighted by Gasteiger charge is 2.26. The molecule has 0 atom stereocenters. The van der Waals surface area contributed by atoms with Gasteiger partial charge in [0.15, 0.2) is 5.82 Å². The molecule has 28 heavy (non-hydrogen) atoms. The molecule has 1 amide bonds. The maximum atomic E-state index is 13.4. The van der Waals surface area contributed by atoms with Crippen molar-refractivity contribution < 1.29 is 9.18 Å². The van der Waals surface area contributed by atoms with E-state index in [1.54, 1.807) is 23.2 Å². The zero-order valence-electron chi connectivity index (χ0n) is 15.6. The second kappa shape index (κ2) is 6.89. The largest absolute Gasteiger partial charge is 0.351 e. The van der Waals surface area contributed by atoms with Crippen molar-refractivity contribution in [2.45, 2.75) is 25.7 Å². The number of benzene rings is 1. The van der Waals surface area contributed by atoms with Crippen LogP contribution in [-0.2, 0) is 12.8 Å². The van der Waals surface area contributed by atoms with Crippen LogP contribution in [0.25, 0.3) is 5.52 Å². The summed E-state index contributed by atoms with van der Waals surface area (Å²) >= 11 is 0. The van der Waals surface area contributed by atoms with Crippen LogP contribution < -0.4 is 4.90 Å². The lowest BCUT2D eigenvalue weighted by atomic mass is 9.97. The number of nitrogens with zero attached hydrogens (tertiary/aromatic N) is 5. The monoisotopic (exact) mass is 379 g/mol. The fourth-order valence-corrected chi connectivity index (χ4v) is 4.30. The summed E-state index contributed by atoms with van der Waals surface area (Å²) in [7, 11) is 0. The molecule has 3 aromatic rings. The number of hydrogen-bond acceptors (Lipinski definition) is 4. The molecule has 0 bridgehead atoms. The Bertz CT molecular complexity index is 1040. The summed E-state index contributed by atoms with van der Waals surface area (Å²) in [6.07, 6.45) is 8.19. The van der Waals surface area contributed by atoms with E-state index in [9.17, 15) is 9.18 Å². The molecule has 0 unspecified atom stereocenters. The summed E-state index contributed by atoms with van der Waals surface area (Å²) in [5.74, 6) is 0.453. The normalized spacial score (nSPS) is 17.0. The van der Waals surface area contributed by atoms with Gasteiger partial charge in [-0.15, -0.1) is 0 Å². The number of fused-ring (bicyclic) bond motifs is 3. The number of aryl methyl sites for hydroxylation is 2. The first-order valence-electron chi connectivity index (χ1n) is 9.85. The van der Waals surface area contributed by atoms with Gasteiger partial charge in [-0.3, -0.25) is 4.79 Å². The maximum Gasteiger partial charge on any atom is 0.254 e. The Morgan fingerprint density at radius 1 is 1.07 bits per heavy atom. The van der Waals surface area contributed by atoms with Crippen molar-refractivity contribution in [3.63, 3.8) is 0 Å². The molecular weight excluding hydrogens is 357 g/mol. The van der Waals surface area contributed by atoms with Crippen molar-refractivity contribution in [3.8, 4) is 0 Å². The van der Waals surface area contributed by atoms with Gasteiger partial charge in [0, 0.05) is 49.7 Å². The number of anilines is 1. The molecule has 0 spiro atoms. The molecule has 6 nitrogen and oxygen atoms in total. The molecule has 1 aliphatic heterocycles. The maximum absolute atomic E-state index is 13.4. The van der Waals surface area contributed by atoms with Crippen LogP contribution in [0.5, 0.6) is 0 Å². The molecule has 7 heteroatoms. The van der Waals surface area contributed by atoms with E-state index in [4.69, 9.17) is 5.10 Å². The van der Waals surface area contributed by atoms with Gasteiger partial charge in [-0.1, -0.05) is 6.07 Å². The summed E-state index contributed by atoms with van der Waals surface area (Å²) in [6.45, 7) is 2.59. The Morgan fingerprint density at radius 2 is 1.89 bits per heavy atom. The van der Waals surface area contributed by atoms with Gasteiger partial charge < -0.3 is 9.80 Å². The molecule has 2 aliphatic rings. The van der Waals surface area contributed by atoms with Crippen LogP contribution in [0.4, 0.5) is 10.2 Å². The molecule has 1 aliphatic carbocycles. The van der Waals surface area contributed by atoms with Crippen LogP contribution >= 0.6 is 0 Å². The lowest BCUT2D eigenvalue weighted by Crippen LogP contribution is -2.49. The van der Waals surface area contributed by atoms with Crippen molar-refractivity contribution in [2.75, 3.05) is 31.1 Å². The fourth-order valence-electron chi connectivity index (χ4n) is 4.30. The molecule has 0 radical (unpaired) electrons. The summed E-state index contributed by atoms with van der Waals surface area (Å²) in [5, 5.41) is 4.75. The van der Waals surface area contributed by atoms with Gasteiger partial charge in [0.2, 0.25) is 0 Å². The first-order chi connectivity index (χ1) is 13.7. The molecule has 1 fully saturated rings. The first kappa shape index (κ1) is 17.2. The Hall–Kier alpha value is -2.96. The van der Waals surface area contributed by atoms with Crippen LogP contribution in [0.3, 0.4) is 0 Å². The molecule has 2 aromatic heterocycles. The molecule has 3 heterocycles. The number of amides is 1. The summed E-state index contributed by atoms with van der Waals surface area (Å²) in [5.41, 5.74) is 4.04. The van der Waals surface area contributed by atoms with Crippen molar-refractivity contribution in [1.29, 1.82) is 0 Å². The number of hydrogen-bond donors (Lipinski definition) is 0. The minimum absolute atomic E-state index is 0.118.